The van der Waals surface area contributed by atoms with Gasteiger partial charge in [0.1, 0.15) is 17.6 Å². The number of hydrogen-bond donors (Lipinski definition) is 2. The number of carbonyl (C=O) groups is 3. The minimum atomic E-state index is -0.760. The molecule has 188 valence electrons. The Morgan fingerprint density at radius 2 is 1.53 bits per heavy atom. The number of carbonyl (C=O) groups excluding carboxylic acids is 3. The predicted molar refractivity (Wildman–Crippen MR) is 138 cm³/mol. The maximum atomic E-state index is 12.7. The summed E-state index contributed by atoms with van der Waals surface area (Å²) >= 11 is 0. The quantitative estimate of drug-likeness (QED) is 0.257. The molecule has 36 heavy (non-hydrogen) atoms. The van der Waals surface area contributed by atoms with Crippen LogP contribution in [0.4, 0.5) is 0 Å². The van der Waals surface area contributed by atoms with E-state index < -0.39 is 11.9 Å². The molecular weight excluding hydrogens is 458 g/mol. The number of benzene rings is 2. The molecule has 0 aliphatic heterocycles. The lowest BCUT2D eigenvalue weighted by Crippen LogP contribution is -2.48. The Bertz CT molecular complexity index is 1220. The molecule has 3 aromatic rings. The summed E-state index contributed by atoms with van der Waals surface area (Å²) in [5, 5.41) is 6.75. The Labute approximate surface area is 210 Å². The fraction of sp³-hybridized carbons (Fsp3) is 0.286. The van der Waals surface area contributed by atoms with E-state index >= 15 is 0 Å². The van der Waals surface area contributed by atoms with E-state index in [4.69, 9.17) is 9.15 Å². The third kappa shape index (κ3) is 7.15. The van der Waals surface area contributed by atoms with Crippen LogP contribution in [-0.2, 0) is 9.53 Å². The SMILES string of the molecule is Cc1ccc(C(=O)NC(C(=O)N/N=C\c2ccc(-c3ccc(C(=O)OC(C)C)cc3)o2)C(C)C)cc1. The number of esters is 1. The molecule has 0 saturated heterocycles. The largest absolute Gasteiger partial charge is 0.459 e. The van der Waals surface area contributed by atoms with Crippen LogP contribution in [0.15, 0.2) is 70.2 Å². The molecule has 8 heteroatoms. The van der Waals surface area contributed by atoms with Crippen LogP contribution in [0.2, 0.25) is 0 Å². The van der Waals surface area contributed by atoms with Gasteiger partial charge in [-0.25, -0.2) is 10.2 Å². The highest BCUT2D eigenvalue weighted by atomic mass is 16.5. The lowest BCUT2D eigenvalue weighted by molar-refractivity contribution is -0.123. The van der Waals surface area contributed by atoms with E-state index in [-0.39, 0.29) is 23.9 Å². The van der Waals surface area contributed by atoms with Crippen LogP contribution in [0, 0.1) is 12.8 Å². The van der Waals surface area contributed by atoms with Gasteiger partial charge in [0.25, 0.3) is 11.8 Å². The first-order valence-corrected chi connectivity index (χ1v) is 11.8. The second-order valence-electron chi connectivity index (χ2n) is 9.03. The summed E-state index contributed by atoms with van der Waals surface area (Å²) in [6.45, 7) is 9.22. The number of amides is 2. The van der Waals surface area contributed by atoms with Crippen molar-refractivity contribution in [3.63, 3.8) is 0 Å². The van der Waals surface area contributed by atoms with E-state index in [0.717, 1.165) is 11.1 Å². The summed E-state index contributed by atoms with van der Waals surface area (Å²) in [5.41, 5.74) is 5.23. The molecule has 1 aromatic heterocycles. The number of rotatable bonds is 9. The molecule has 1 atom stereocenters. The summed E-state index contributed by atoms with van der Waals surface area (Å²) in [6.07, 6.45) is 1.19. The monoisotopic (exact) mass is 489 g/mol. The van der Waals surface area contributed by atoms with E-state index in [1.807, 2.05) is 32.9 Å². The van der Waals surface area contributed by atoms with Crippen LogP contribution >= 0.6 is 0 Å². The van der Waals surface area contributed by atoms with Gasteiger partial charge in [-0.1, -0.05) is 43.7 Å². The van der Waals surface area contributed by atoms with Gasteiger partial charge in [-0.05, 0) is 63.1 Å². The van der Waals surface area contributed by atoms with E-state index in [1.54, 1.807) is 62.4 Å². The summed E-state index contributed by atoms with van der Waals surface area (Å²) < 4.78 is 11.0. The molecule has 1 unspecified atom stereocenters. The molecule has 2 amide bonds. The van der Waals surface area contributed by atoms with Gasteiger partial charge < -0.3 is 14.5 Å². The van der Waals surface area contributed by atoms with Crippen LogP contribution in [0.5, 0.6) is 0 Å². The maximum absolute atomic E-state index is 12.7. The highest BCUT2D eigenvalue weighted by Gasteiger charge is 2.24. The molecule has 0 aliphatic rings. The fourth-order valence-electron chi connectivity index (χ4n) is 3.32. The van der Waals surface area contributed by atoms with E-state index in [1.165, 1.54) is 6.21 Å². The number of nitrogens with one attached hydrogen (secondary N) is 2. The first-order valence-electron chi connectivity index (χ1n) is 11.8. The van der Waals surface area contributed by atoms with E-state index in [0.29, 0.717) is 22.6 Å². The number of hydrogen-bond acceptors (Lipinski definition) is 6. The Kier molecular flexibility index (Phi) is 8.78. The van der Waals surface area contributed by atoms with Crippen molar-refractivity contribution < 1.29 is 23.5 Å². The molecule has 0 bridgehead atoms. The maximum Gasteiger partial charge on any atom is 0.338 e. The molecule has 0 fully saturated rings. The average Bonchev–Trinajstić information content (AvgIpc) is 3.31. The minimum Gasteiger partial charge on any atom is -0.459 e. The molecular formula is C28H31N3O5. The third-order valence-corrected chi connectivity index (χ3v) is 5.29. The fourth-order valence-corrected chi connectivity index (χ4v) is 3.32. The van der Waals surface area contributed by atoms with Gasteiger partial charge in [0.05, 0.1) is 17.9 Å². The second-order valence-corrected chi connectivity index (χ2v) is 9.03. The molecule has 0 aliphatic carbocycles. The predicted octanol–water partition coefficient (Wildman–Crippen LogP) is 4.72. The van der Waals surface area contributed by atoms with E-state index in [9.17, 15) is 14.4 Å². The van der Waals surface area contributed by atoms with Crippen LogP contribution in [0.3, 0.4) is 0 Å². The topological polar surface area (TPSA) is 110 Å². The summed E-state index contributed by atoms with van der Waals surface area (Å²) in [6, 6.07) is 16.7. The van der Waals surface area contributed by atoms with Gasteiger partial charge in [-0.3, -0.25) is 9.59 Å². The van der Waals surface area contributed by atoms with Crippen molar-refractivity contribution >= 4 is 24.0 Å². The molecule has 0 radical (unpaired) electrons. The zero-order valence-electron chi connectivity index (χ0n) is 21.1. The van der Waals surface area contributed by atoms with Crippen molar-refractivity contribution in [2.75, 3.05) is 0 Å². The van der Waals surface area contributed by atoms with Crippen LogP contribution in [0.1, 0.15) is 59.7 Å². The van der Waals surface area contributed by atoms with Crippen LogP contribution in [-0.4, -0.2) is 36.1 Å². The highest BCUT2D eigenvalue weighted by Crippen LogP contribution is 2.22. The van der Waals surface area contributed by atoms with Crippen LogP contribution < -0.4 is 10.7 Å². The van der Waals surface area contributed by atoms with Gasteiger partial charge in [-0.15, -0.1) is 0 Å². The van der Waals surface area contributed by atoms with Crippen molar-refractivity contribution in [1.82, 2.24) is 10.7 Å². The first kappa shape index (κ1) is 26.4. The molecule has 0 saturated carbocycles. The lowest BCUT2D eigenvalue weighted by atomic mass is 10.0. The van der Waals surface area contributed by atoms with Crippen molar-refractivity contribution in [3.05, 3.63) is 83.1 Å². The number of aryl methyl sites for hydroxylation is 1. The molecule has 8 nitrogen and oxygen atoms in total. The molecule has 1 heterocycles. The number of nitrogens with zero attached hydrogens (tertiary/aromatic N) is 1. The Balaban J connectivity index is 1.59. The zero-order valence-corrected chi connectivity index (χ0v) is 21.1. The minimum absolute atomic E-state index is 0.148. The smallest absolute Gasteiger partial charge is 0.338 e. The molecule has 2 aromatic carbocycles. The third-order valence-electron chi connectivity index (χ3n) is 5.29. The normalized spacial score (nSPS) is 12.1. The molecule has 2 N–H and O–H groups in total. The average molecular weight is 490 g/mol. The van der Waals surface area contributed by atoms with Crippen molar-refractivity contribution in [2.24, 2.45) is 11.0 Å². The zero-order chi connectivity index (χ0) is 26.2. The van der Waals surface area contributed by atoms with E-state index in [2.05, 4.69) is 15.8 Å². The molecule has 3 rings (SSSR count). The van der Waals surface area contributed by atoms with Gasteiger partial charge >= 0.3 is 5.97 Å². The number of ether oxygens (including phenoxy) is 1. The second kappa shape index (κ2) is 12.0. The Morgan fingerprint density at radius 3 is 2.14 bits per heavy atom. The Morgan fingerprint density at radius 1 is 0.889 bits per heavy atom. The Hall–Kier alpha value is -4.20. The number of furan rings is 1. The van der Waals surface area contributed by atoms with Crippen molar-refractivity contribution in [2.45, 2.75) is 46.8 Å². The summed E-state index contributed by atoms with van der Waals surface area (Å²) in [5.74, 6) is -0.278. The van der Waals surface area contributed by atoms with Gasteiger partial charge in [-0.2, -0.15) is 5.10 Å². The van der Waals surface area contributed by atoms with Gasteiger partial charge in [0, 0.05) is 11.1 Å². The van der Waals surface area contributed by atoms with Gasteiger partial charge in [0.2, 0.25) is 0 Å². The van der Waals surface area contributed by atoms with Crippen LogP contribution in [0.25, 0.3) is 11.3 Å². The number of hydrazone groups is 1. The molecule has 0 spiro atoms. The highest BCUT2D eigenvalue weighted by molar-refractivity contribution is 5.97. The summed E-state index contributed by atoms with van der Waals surface area (Å²) in [7, 11) is 0. The summed E-state index contributed by atoms with van der Waals surface area (Å²) in [4.78, 5) is 37.2. The van der Waals surface area contributed by atoms with Crippen molar-refractivity contribution in [3.8, 4) is 11.3 Å². The lowest BCUT2D eigenvalue weighted by Gasteiger charge is -2.20. The standard InChI is InChI=1S/C28H31N3O5/c1-17(2)25(30-26(32)21-8-6-19(5)7-9-21)27(33)31-29-16-23-14-15-24(36-23)20-10-12-22(13-11-20)28(34)35-18(3)4/h6-18,25H,1-5H3,(H,30,32)(H,31,33)/b29-16-. The van der Waals surface area contributed by atoms with Gasteiger partial charge in [0.15, 0.2) is 0 Å². The van der Waals surface area contributed by atoms with Crippen molar-refractivity contribution in [1.29, 1.82) is 0 Å². The first-order chi connectivity index (χ1) is 17.1.